The van der Waals surface area contributed by atoms with E-state index in [1.54, 1.807) is 7.11 Å². The Morgan fingerprint density at radius 1 is 0.968 bits per heavy atom. The average molecular weight is 413 g/mol. The van der Waals surface area contributed by atoms with Crippen LogP contribution in [0.4, 0.5) is 5.69 Å². The Hall–Kier alpha value is -3.93. The number of nitrogens with one attached hydrogen (secondary N) is 1. The lowest BCUT2D eigenvalue weighted by atomic mass is 10.0. The predicted molar refractivity (Wildman–Crippen MR) is 120 cm³/mol. The highest BCUT2D eigenvalue weighted by Gasteiger charge is 2.13. The van der Waals surface area contributed by atoms with Crippen LogP contribution in [-0.4, -0.2) is 23.2 Å². The molecule has 31 heavy (non-hydrogen) atoms. The molecule has 0 spiro atoms. The molecule has 1 N–H and O–H groups in total. The van der Waals surface area contributed by atoms with Crippen LogP contribution in [0, 0.1) is 6.92 Å². The first-order chi connectivity index (χ1) is 15.1. The number of nitrogens with zero attached hydrogens (tertiary/aromatic N) is 2. The molecule has 1 heterocycles. The summed E-state index contributed by atoms with van der Waals surface area (Å²) in [5, 5.41) is 6.93. The van der Waals surface area contributed by atoms with E-state index in [1.807, 2.05) is 67.6 Å². The number of benzene rings is 3. The quantitative estimate of drug-likeness (QED) is 0.445. The minimum absolute atomic E-state index is 0.143. The smallest absolute Gasteiger partial charge is 0.227 e. The lowest BCUT2D eigenvalue weighted by Crippen LogP contribution is -2.13. The number of aromatic nitrogens is 2. The molecular weight excluding hydrogens is 390 g/mol. The molecule has 1 amide bonds. The second-order valence-corrected chi connectivity index (χ2v) is 7.21. The maximum atomic E-state index is 12.4. The Balaban J connectivity index is 1.37. The summed E-state index contributed by atoms with van der Waals surface area (Å²) in [6, 6.07) is 23.8. The van der Waals surface area contributed by atoms with Crippen molar-refractivity contribution in [3.63, 3.8) is 0 Å². The van der Waals surface area contributed by atoms with Gasteiger partial charge >= 0.3 is 0 Å². The minimum atomic E-state index is -0.143. The summed E-state index contributed by atoms with van der Waals surface area (Å²) < 4.78 is 10.6. The third kappa shape index (κ3) is 4.98. The fourth-order valence-corrected chi connectivity index (χ4v) is 3.27. The molecule has 0 bridgehead atoms. The molecule has 6 nitrogen and oxygen atoms in total. The largest absolute Gasteiger partial charge is 0.495 e. The number of hydrogen-bond acceptors (Lipinski definition) is 5. The van der Waals surface area contributed by atoms with Crippen molar-refractivity contribution < 1.29 is 14.1 Å². The number of aryl methyl sites for hydroxylation is 2. The zero-order valence-corrected chi connectivity index (χ0v) is 17.5. The highest BCUT2D eigenvalue weighted by molar-refractivity contribution is 5.92. The van der Waals surface area contributed by atoms with Crippen molar-refractivity contribution in [2.75, 3.05) is 12.4 Å². The zero-order valence-electron chi connectivity index (χ0n) is 17.5. The van der Waals surface area contributed by atoms with Crippen LogP contribution in [0.25, 0.3) is 22.5 Å². The van der Waals surface area contributed by atoms with Crippen LogP contribution in [-0.2, 0) is 11.2 Å². The monoisotopic (exact) mass is 413 g/mol. The molecule has 156 valence electrons. The van der Waals surface area contributed by atoms with Gasteiger partial charge < -0.3 is 14.6 Å². The van der Waals surface area contributed by atoms with Crippen molar-refractivity contribution >= 4 is 11.6 Å². The number of hydrogen-bond donors (Lipinski definition) is 1. The third-order valence-corrected chi connectivity index (χ3v) is 4.91. The van der Waals surface area contributed by atoms with Crippen LogP contribution < -0.4 is 10.1 Å². The normalized spacial score (nSPS) is 10.6. The number of ether oxygens (including phenoxy) is 1. The van der Waals surface area contributed by atoms with Gasteiger partial charge in [-0.1, -0.05) is 65.8 Å². The number of anilines is 1. The summed E-state index contributed by atoms with van der Waals surface area (Å²) >= 11 is 0. The SMILES string of the molecule is COc1ccc(C)cc1NC(=O)CCc1nc(-c2ccc(-c3ccccc3)cc2)no1. The van der Waals surface area contributed by atoms with Crippen LogP contribution in [0.1, 0.15) is 17.9 Å². The highest BCUT2D eigenvalue weighted by atomic mass is 16.5. The molecule has 0 radical (unpaired) electrons. The molecular formula is C25H23N3O3. The van der Waals surface area contributed by atoms with Crippen molar-refractivity contribution in [3.8, 4) is 28.3 Å². The molecule has 4 rings (SSSR count). The van der Waals surface area contributed by atoms with Gasteiger partial charge in [-0.15, -0.1) is 0 Å². The molecule has 0 fully saturated rings. The second kappa shape index (κ2) is 9.26. The van der Waals surface area contributed by atoms with Gasteiger partial charge in [0.15, 0.2) is 0 Å². The maximum Gasteiger partial charge on any atom is 0.227 e. The lowest BCUT2D eigenvalue weighted by molar-refractivity contribution is -0.116. The van der Waals surface area contributed by atoms with Gasteiger partial charge in [-0.25, -0.2) is 0 Å². The first kappa shape index (κ1) is 20.3. The van der Waals surface area contributed by atoms with Crippen molar-refractivity contribution in [2.24, 2.45) is 0 Å². The predicted octanol–water partition coefficient (Wildman–Crippen LogP) is 5.29. The Bertz CT molecular complexity index is 1170. The van der Waals surface area contributed by atoms with E-state index < -0.39 is 0 Å². The van der Waals surface area contributed by atoms with Crippen molar-refractivity contribution in [1.82, 2.24) is 10.1 Å². The third-order valence-electron chi connectivity index (χ3n) is 4.91. The van der Waals surface area contributed by atoms with Gasteiger partial charge in [0.25, 0.3) is 0 Å². The summed E-state index contributed by atoms with van der Waals surface area (Å²) in [5.41, 5.74) is 4.83. The van der Waals surface area contributed by atoms with E-state index in [0.29, 0.717) is 29.6 Å². The van der Waals surface area contributed by atoms with E-state index in [0.717, 1.165) is 22.3 Å². The van der Waals surface area contributed by atoms with Gasteiger partial charge in [0.2, 0.25) is 17.6 Å². The Kier molecular flexibility index (Phi) is 6.08. The maximum absolute atomic E-state index is 12.4. The van der Waals surface area contributed by atoms with E-state index in [1.165, 1.54) is 0 Å². The van der Waals surface area contributed by atoms with Gasteiger partial charge in [0.05, 0.1) is 12.8 Å². The van der Waals surface area contributed by atoms with Crippen molar-refractivity contribution in [3.05, 3.63) is 84.3 Å². The average Bonchev–Trinajstić information content (AvgIpc) is 3.28. The van der Waals surface area contributed by atoms with Crippen LogP contribution in [0.3, 0.4) is 0 Å². The fourth-order valence-electron chi connectivity index (χ4n) is 3.27. The molecule has 0 aliphatic rings. The highest BCUT2D eigenvalue weighted by Crippen LogP contribution is 2.26. The van der Waals surface area contributed by atoms with Crippen LogP contribution in [0.2, 0.25) is 0 Å². The number of methoxy groups -OCH3 is 1. The van der Waals surface area contributed by atoms with Gasteiger partial charge in [0, 0.05) is 18.4 Å². The Labute approximate surface area is 180 Å². The van der Waals surface area contributed by atoms with Gasteiger partial charge in [-0.05, 0) is 35.7 Å². The number of carbonyl (C=O) groups is 1. The van der Waals surface area contributed by atoms with Crippen molar-refractivity contribution in [2.45, 2.75) is 19.8 Å². The molecule has 0 aliphatic heterocycles. The van der Waals surface area contributed by atoms with Crippen LogP contribution in [0.5, 0.6) is 5.75 Å². The molecule has 0 saturated heterocycles. The molecule has 4 aromatic rings. The number of carbonyl (C=O) groups excluding carboxylic acids is 1. The number of rotatable bonds is 7. The van der Waals surface area contributed by atoms with E-state index >= 15 is 0 Å². The standard InChI is InChI=1S/C25H23N3O3/c1-17-8-13-22(30-2)21(16-17)26-23(29)14-15-24-27-25(28-31-24)20-11-9-19(10-12-20)18-6-4-3-5-7-18/h3-13,16H,14-15H2,1-2H3,(H,26,29). The summed E-state index contributed by atoms with van der Waals surface area (Å²) in [4.78, 5) is 16.8. The van der Waals surface area contributed by atoms with Crippen molar-refractivity contribution in [1.29, 1.82) is 0 Å². The molecule has 1 aromatic heterocycles. The lowest BCUT2D eigenvalue weighted by Gasteiger charge is -2.10. The molecule has 6 heteroatoms. The summed E-state index contributed by atoms with van der Waals surface area (Å²) in [5.74, 6) is 1.41. The van der Waals surface area contributed by atoms with E-state index in [9.17, 15) is 4.79 Å². The number of amides is 1. The molecule has 0 atom stereocenters. The summed E-state index contributed by atoms with van der Waals surface area (Å²) in [6.07, 6.45) is 0.584. The first-order valence-electron chi connectivity index (χ1n) is 10.1. The van der Waals surface area contributed by atoms with Gasteiger partial charge in [-0.3, -0.25) is 4.79 Å². The molecule has 0 aliphatic carbocycles. The van der Waals surface area contributed by atoms with E-state index in [4.69, 9.17) is 9.26 Å². The minimum Gasteiger partial charge on any atom is -0.495 e. The summed E-state index contributed by atoms with van der Waals surface area (Å²) in [7, 11) is 1.58. The first-order valence-corrected chi connectivity index (χ1v) is 10.1. The molecule has 0 unspecified atom stereocenters. The van der Waals surface area contributed by atoms with Gasteiger partial charge in [0.1, 0.15) is 5.75 Å². The van der Waals surface area contributed by atoms with E-state index in [2.05, 4.69) is 27.6 Å². The Morgan fingerprint density at radius 2 is 1.68 bits per heavy atom. The van der Waals surface area contributed by atoms with Crippen LogP contribution >= 0.6 is 0 Å². The van der Waals surface area contributed by atoms with E-state index in [-0.39, 0.29) is 12.3 Å². The second-order valence-electron chi connectivity index (χ2n) is 7.21. The molecule has 0 saturated carbocycles. The summed E-state index contributed by atoms with van der Waals surface area (Å²) in [6.45, 7) is 1.96. The fraction of sp³-hybridized carbons (Fsp3) is 0.160. The molecule has 3 aromatic carbocycles. The van der Waals surface area contributed by atoms with Gasteiger partial charge in [-0.2, -0.15) is 4.98 Å². The zero-order chi connectivity index (χ0) is 21.6. The van der Waals surface area contributed by atoms with Crippen LogP contribution in [0.15, 0.2) is 77.3 Å². The topological polar surface area (TPSA) is 77.2 Å². The Morgan fingerprint density at radius 3 is 2.42 bits per heavy atom.